The zero-order valence-corrected chi connectivity index (χ0v) is 18.7. The van der Waals surface area contributed by atoms with Gasteiger partial charge >= 0.3 is 6.18 Å². The fourth-order valence-corrected chi connectivity index (χ4v) is 9.08. The van der Waals surface area contributed by atoms with Crippen molar-refractivity contribution >= 4 is 5.78 Å². The highest BCUT2D eigenvalue weighted by molar-refractivity contribution is 5.82. The number of hydrogen-bond acceptors (Lipinski definition) is 3. The molecule has 6 rings (SSSR count). The Labute approximate surface area is 186 Å². The summed E-state index contributed by atoms with van der Waals surface area (Å²) in [5, 5.41) is 14.4. The van der Waals surface area contributed by atoms with E-state index in [9.17, 15) is 23.1 Å². The van der Waals surface area contributed by atoms with Crippen molar-refractivity contribution in [1.82, 2.24) is 9.78 Å². The molecular weight excluding hydrogens is 417 g/mol. The molecule has 1 aromatic rings. The molecule has 9 atom stereocenters. The molecule has 32 heavy (non-hydrogen) atoms. The third-order valence-corrected chi connectivity index (χ3v) is 10.6. The number of halogens is 3. The summed E-state index contributed by atoms with van der Waals surface area (Å²) < 4.78 is 39.8. The number of fused-ring (bicyclic) bond motifs is 7. The van der Waals surface area contributed by atoms with E-state index in [2.05, 4.69) is 12.0 Å². The number of hydrogen-bond donors (Lipinski definition) is 1. The van der Waals surface area contributed by atoms with Gasteiger partial charge in [0.1, 0.15) is 0 Å². The molecule has 5 aliphatic rings. The first-order valence-electron chi connectivity index (χ1n) is 12.4. The Hall–Kier alpha value is -1.37. The van der Waals surface area contributed by atoms with Crippen LogP contribution >= 0.6 is 0 Å². The average Bonchev–Trinajstić information content (AvgIpc) is 3.06. The fourth-order valence-electron chi connectivity index (χ4n) is 9.08. The Kier molecular flexibility index (Phi) is 4.52. The van der Waals surface area contributed by atoms with Gasteiger partial charge in [0, 0.05) is 12.1 Å². The number of ketones is 1. The van der Waals surface area contributed by atoms with E-state index in [-0.39, 0.29) is 29.3 Å². The largest absolute Gasteiger partial charge is 0.419 e. The topological polar surface area (TPSA) is 55.1 Å². The van der Waals surface area contributed by atoms with Crippen LogP contribution in [0.25, 0.3) is 0 Å². The van der Waals surface area contributed by atoms with Crippen LogP contribution in [0.2, 0.25) is 0 Å². The fraction of sp³-hybridized carbons (Fsp3) is 0.840. The Bertz CT molecular complexity index is 929. The maximum absolute atomic E-state index is 13.2. The highest BCUT2D eigenvalue weighted by Crippen LogP contribution is 2.68. The molecule has 0 saturated heterocycles. The monoisotopic (exact) mass is 450 g/mol. The van der Waals surface area contributed by atoms with Crippen molar-refractivity contribution in [2.24, 2.45) is 46.8 Å². The van der Waals surface area contributed by atoms with Gasteiger partial charge in [-0.15, -0.1) is 0 Å². The Balaban J connectivity index is 1.17. The molecule has 1 N–H and O–H groups in total. The maximum atomic E-state index is 13.2. The lowest BCUT2D eigenvalue weighted by molar-refractivity contribution is -0.138. The van der Waals surface area contributed by atoms with Gasteiger partial charge in [-0.2, -0.15) is 18.3 Å². The molecule has 5 saturated carbocycles. The molecule has 5 fully saturated rings. The summed E-state index contributed by atoms with van der Waals surface area (Å²) in [6.07, 6.45) is 7.01. The third kappa shape index (κ3) is 3.05. The quantitative estimate of drug-likeness (QED) is 0.697. The van der Waals surface area contributed by atoms with Gasteiger partial charge in [-0.25, -0.2) is 0 Å². The molecule has 0 amide bonds. The first-order valence-corrected chi connectivity index (χ1v) is 12.4. The van der Waals surface area contributed by atoms with Crippen molar-refractivity contribution in [1.29, 1.82) is 0 Å². The van der Waals surface area contributed by atoms with Gasteiger partial charge in [0.25, 0.3) is 0 Å². The highest BCUT2D eigenvalue weighted by atomic mass is 19.4. The number of carbonyl (C=O) groups is 1. The number of carbonyl (C=O) groups excluding carboxylic acids is 1. The lowest BCUT2D eigenvalue weighted by Gasteiger charge is -2.56. The number of aliphatic hydroxyl groups is 1. The predicted octanol–water partition coefficient (Wildman–Crippen LogP) is 5.10. The van der Waals surface area contributed by atoms with E-state index < -0.39 is 11.7 Å². The number of rotatable bonds is 3. The number of aromatic nitrogens is 2. The number of nitrogens with zero attached hydrogens (tertiary/aromatic N) is 2. The molecule has 0 bridgehead atoms. The van der Waals surface area contributed by atoms with Gasteiger partial charge in [-0.1, -0.05) is 6.92 Å². The molecule has 0 radical (unpaired) electrons. The molecule has 1 aromatic heterocycles. The zero-order valence-electron chi connectivity index (χ0n) is 18.7. The minimum absolute atomic E-state index is 0.0414. The Morgan fingerprint density at radius 2 is 1.75 bits per heavy atom. The van der Waals surface area contributed by atoms with Crippen molar-refractivity contribution in [3.63, 3.8) is 0 Å². The van der Waals surface area contributed by atoms with Crippen molar-refractivity contribution in [2.75, 3.05) is 0 Å². The third-order valence-electron chi connectivity index (χ3n) is 10.6. The van der Waals surface area contributed by atoms with Crippen LogP contribution in [0.5, 0.6) is 0 Å². The van der Waals surface area contributed by atoms with Gasteiger partial charge < -0.3 is 5.11 Å². The molecule has 5 aliphatic carbocycles. The maximum Gasteiger partial charge on any atom is 0.419 e. The second-order valence-corrected chi connectivity index (χ2v) is 11.9. The van der Waals surface area contributed by atoms with Crippen LogP contribution < -0.4 is 0 Å². The van der Waals surface area contributed by atoms with E-state index in [1.165, 1.54) is 12.8 Å². The van der Waals surface area contributed by atoms with E-state index in [0.29, 0.717) is 23.7 Å². The summed E-state index contributed by atoms with van der Waals surface area (Å²) in [6.45, 7) is 2.21. The standard InChI is InChI=1S/C25H33F3N2O2/c1-23-8-6-15-16-7-9-24(32)10-21(24)18(16)3-2-17(15)19(23)4-5-20(23)22(31)13-30-12-14(11-29-30)25(26,27)28/h11-12,15-21,32H,2-10,13H2,1H3. The second kappa shape index (κ2) is 6.83. The van der Waals surface area contributed by atoms with E-state index in [0.717, 1.165) is 73.9 Å². The van der Waals surface area contributed by atoms with Crippen molar-refractivity contribution < 1.29 is 23.1 Å². The summed E-state index contributed by atoms with van der Waals surface area (Å²) in [6, 6.07) is 0. The van der Waals surface area contributed by atoms with Crippen LogP contribution in [0, 0.1) is 46.8 Å². The lowest BCUT2D eigenvalue weighted by Crippen LogP contribution is -2.50. The molecule has 176 valence electrons. The summed E-state index contributed by atoms with van der Waals surface area (Å²) in [4.78, 5) is 13.2. The van der Waals surface area contributed by atoms with Gasteiger partial charge in [-0.05, 0) is 98.7 Å². The molecule has 0 aromatic carbocycles. The number of alkyl halides is 3. The van der Waals surface area contributed by atoms with Gasteiger partial charge in [0.2, 0.25) is 0 Å². The Morgan fingerprint density at radius 3 is 2.44 bits per heavy atom. The van der Waals surface area contributed by atoms with E-state index in [1.807, 2.05) is 0 Å². The van der Waals surface area contributed by atoms with E-state index in [1.54, 1.807) is 0 Å². The predicted molar refractivity (Wildman–Crippen MR) is 111 cm³/mol. The molecule has 9 unspecified atom stereocenters. The molecule has 7 heteroatoms. The summed E-state index contributed by atoms with van der Waals surface area (Å²) in [5.41, 5.74) is -1.19. The van der Waals surface area contributed by atoms with Crippen LogP contribution in [0.1, 0.15) is 70.3 Å². The molecule has 1 heterocycles. The minimum Gasteiger partial charge on any atom is -0.390 e. The van der Waals surface area contributed by atoms with Crippen molar-refractivity contribution in [3.05, 3.63) is 18.0 Å². The number of Topliss-reactive ketones (excluding diaryl/α,β-unsaturated/α-hetero) is 1. The average molecular weight is 451 g/mol. The summed E-state index contributed by atoms with van der Waals surface area (Å²) >= 11 is 0. The van der Waals surface area contributed by atoms with Crippen molar-refractivity contribution in [2.45, 2.75) is 83.0 Å². The minimum atomic E-state index is -4.43. The van der Waals surface area contributed by atoms with Crippen LogP contribution in [0.4, 0.5) is 13.2 Å². The zero-order chi connectivity index (χ0) is 22.5. The van der Waals surface area contributed by atoms with Gasteiger partial charge in [0.05, 0.1) is 23.9 Å². The van der Waals surface area contributed by atoms with Crippen LogP contribution in [0.3, 0.4) is 0 Å². The van der Waals surface area contributed by atoms with Gasteiger partial charge in [0.15, 0.2) is 5.78 Å². The molecule has 0 aliphatic heterocycles. The summed E-state index contributed by atoms with van der Waals surface area (Å²) in [7, 11) is 0. The van der Waals surface area contributed by atoms with Crippen molar-refractivity contribution in [3.8, 4) is 0 Å². The SMILES string of the molecule is CC12CCC3C4CCC5(O)CC5C4CCC3C1CCC2C(=O)Cn1cc(C(F)(F)F)cn1. The first kappa shape index (κ1) is 21.2. The molecular formula is C25H33F3N2O2. The Morgan fingerprint density at radius 1 is 1.06 bits per heavy atom. The highest BCUT2D eigenvalue weighted by Gasteiger charge is 2.65. The molecule has 0 spiro atoms. The first-order chi connectivity index (χ1) is 15.1. The van der Waals surface area contributed by atoms with Crippen LogP contribution in [0.15, 0.2) is 12.4 Å². The summed E-state index contributed by atoms with van der Waals surface area (Å²) in [5.74, 6) is 3.87. The van der Waals surface area contributed by atoms with E-state index in [4.69, 9.17) is 0 Å². The van der Waals surface area contributed by atoms with Crippen LogP contribution in [-0.2, 0) is 17.5 Å². The lowest BCUT2D eigenvalue weighted by atomic mass is 9.49. The molecule has 4 nitrogen and oxygen atoms in total. The van der Waals surface area contributed by atoms with Crippen LogP contribution in [-0.4, -0.2) is 26.3 Å². The normalized spacial score (nSPS) is 47.2. The van der Waals surface area contributed by atoms with E-state index >= 15 is 0 Å². The smallest absolute Gasteiger partial charge is 0.390 e. The van der Waals surface area contributed by atoms with Gasteiger partial charge in [-0.3, -0.25) is 9.48 Å². The second-order valence-electron chi connectivity index (χ2n) is 11.9.